The van der Waals surface area contributed by atoms with Crippen LogP contribution < -0.4 is 4.74 Å². The van der Waals surface area contributed by atoms with Gasteiger partial charge >= 0.3 is 5.97 Å². The molecule has 1 atom stereocenters. The lowest BCUT2D eigenvalue weighted by Gasteiger charge is -2.23. The first kappa shape index (κ1) is 19.7. The van der Waals surface area contributed by atoms with Crippen molar-refractivity contribution in [2.45, 2.75) is 28.7 Å². The molecule has 4 rings (SSSR count). The topological polar surface area (TPSA) is 63.6 Å². The third kappa shape index (κ3) is 4.09. The number of thiophene rings is 1. The van der Waals surface area contributed by atoms with Crippen molar-refractivity contribution in [1.82, 2.24) is 0 Å². The SMILES string of the molecule is COc1ccc(C2CC(=O)c3c(SCc4ccccc4)sc(C(=O)O)c3C2)cc1. The van der Waals surface area contributed by atoms with Crippen LogP contribution >= 0.6 is 23.1 Å². The van der Waals surface area contributed by atoms with Gasteiger partial charge in [-0.2, -0.15) is 0 Å². The number of rotatable bonds is 6. The molecule has 29 heavy (non-hydrogen) atoms. The van der Waals surface area contributed by atoms with Crippen LogP contribution in [0.1, 0.15) is 49.1 Å². The predicted octanol–water partition coefficient (Wildman–Crippen LogP) is 5.66. The molecule has 0 fully saturated rings. The maximum atomic E-state index is 13.0. The Balaban J connectivity index is 1.64. The molecule has 0 saturated carbocycles. The number of carbonyl (C=O) groups is 2. The van der Waals surface area contributed by atoms with Crippen molar-refractivity contribution < 1.29 is 19.4 Å². The van der Waals surface area contributed by atoms with Crippen LogP contribution in [0.25, 0.3) is 0 Å². The van der Waals surface area contributed by atoms with E-state index in [2.05, 4.69) is 0 Å². The fraction of sp³-hybridized carbons (Fsp3) is 0.217. The molecule has 1 aliphatic carbocycles. The zero-order valence-corrected chi connectivity index (χ0v) is 17.5. The number of carboxylic acid groups (broad SMARTS) is 1. The molecule has 1 unspecified atom stereocenters. The van der Waals surface area contributed by atoms with Crippen molar-refractivity contribution >= 4 is 34.9 Å². The third-order valence-corrected chi connectivity index (χ3v) is 7.69. The van der Waals surface area contributed by atoms with E-state index in [0.717, 1.165) is 21.1 Å². The van der Waals surface area contributed by atoms with Crippen LogP contribution in [-0.2, 0) is 12.2 Å². The average molecular weight is 425 g/mol. The minimum Gasteiger partial charge on any atom is -0.497 e. The van der Waals surface area contributed by atoms with Gasteiger partial charge in [0.15, 0.2) is 5.78 Å². The summed E-state index contributed by atoms with van der Waals surface area (Å²) in [5, 5.41) is 9.72. The molecule has 1 aromatic heterocycles. The van der Waals surface area contributed by atoms with E-state index in [1.165, 1.54) is 11.3 Å². The van der Waals surface area contributed by atoms with E-state index in [0.29, 0.717) is 34.6 Å². The smallest absolute Gasteiger partial charge is 0.346 e. The number of Topliss-reactive ketones (excluding diaryl/α,β-unsaturated/α-hetero) is 1. The molecule has 1 aliphatic rings. The van der Waals surface area contributed by atoms with Gasteiger partial charge in [-0.25, -0.2) is 4.79 Å². The van der Waals surface area contributed by atoms with E-state index in [1.807, 2.05) is 54.6 Å². The van der Waals surface area contributed by atoms with Crippen molar-refractivity contribution in [3.8, 4) is 5.75 Å². The second-order valence-corrected chi connectivity index (χ2v) is 9.22. The Morgan fingerprint density at radius 2 is 1.86 bits per heavy atom. The van der Waals surface area contributed by atoms with Gasteiger partial charge in [-0.1, -0.05) is 42.5 Å². The molecule has 0 saturated heterocycles. The van der Waals surface area contributed by atoms with Crippen molar-refractivity contribution in [1.29, 1.82) is 0 Å². The molecule has 0 amide bonds. The fourth-order valence-corrected chi connectivity index (χ4v) is 6.13. The molecule has 148 valence electrons. The van der Waals surface area contributed by atoms with Gasteiger partial charge in [0.25, 0.3) is 0 Å². The van der Waals surface area contributed by atoms with Gasteiger partial charge in [-0.3, -0.25) is 4.79 Å². The maximum Gasteiger partial charge on any atom is 0.346 e. The fourth-order valence-electron chi connectivity index (χ4n) is 3.67. The van der Waals surface area contributed by atoms with Crippen molar-refractivity contribution in [3.63, 3.8) is 0 Å². The number of ketones is 1. The summed E-state index contributed by atoms with van der Waals surface area (Å²) in [7, 11) is 1.62. The Morgan fingerprint density at radius 1 is 1.14 bits per heavy atom. The van der Waals surface area contributed by atoms with Gasteiger partial charge in [-0.15, -0.1) is 23.1 Å². The summed E-state index contributed by atoms with van der Waals surface area (Å²) < 4.78 is 6.02. The predicted molar refractivity (Wildman–Crippen MR) is 116 cm³/mol. The maximum absolute atomic E-state index is 13.0. The standard InChI is InChI=1S/C23H20O4S2/c1-27-17-9-7-15(8-10-17)16-11-18-20(19(24)12-16)23(29-21(18)22(25)26)28-13-14-5-3-2-4-6-14/h2-10,16H,11-13H2,1H3,(H,25,26). The second kappa shape index (κ2) is 8.43. The number of ether oxygens (including phenoxy) is 1. The molecular formula is C23H20O4S2. The van der Waals surface area contributed by atoms with E-state index < -0.39 is 5.97 Å². The van der Waals surface area contributed by atoms with Gasteiger partial charge in [0, 0.05) is 17.7 Å². The number of carboxylic acids is 1. The van der Waals surface area contributed by atoms with Gasteiger partial charge in [0.05, 0.1) is 11.3 Å². The summed E-state index contributed by atoms with van der Waals surface area (Å²) >= 11 is 2.78. The lowest BCUT2D eigenvalue weighted by Crippen LogP contribution is -2.19. The zero-order valence-electron chi connectivity index (χ0n) is 15.9. The molecular weight excluding hydrogens is 404 g/mol. The van der Waals surface area contributed by atoms with E-state index in [9.17, 15) is 14.7 Å². The van der Waals surface area contributed by atoms with Crippen LogP contribution in [0.3, 0.4) is 0 Å². The Bertz CT molecular complexity index is 1040. The summed E-state index contributed by atoms with van der Waals surface area (Å²) in [6, 6.07) is 17.7. The van der Waals surface area contributed by atoms with Crippen LogP contribution in [0.15, 0.2) is 58.8 Å². The van der Waals surface area contributed by atoms with Crippen molar-refractivity contribution in [3.05, 3.63) is 81.7 Å². The monoisotopic (exact) mass is 424 g/mol. The molecule has 0 bridgehead atoms. The van der Waals surface area contributed by atoms with Crippen LogP contribution in [-0.4, -0.2) is 24.0 Å². The first-order valence-corrected chi connectivity index (χ1v) is 11.1. The zero-order chi connectivity index (χ0) is 20.4. The first-order chi connectivity index (χ1) is 14.1. The minimum absolute atomic E-state index is 0.0134. The number of hydrogen-bond donors (Lipinski definition) is 1. The van der Waals surface area contributed by atoms with Gasteiger partial charge in [0.2, 0.25) is 0 Å². The average Bonchev–Trinajstić information content (AvgIpc) is 3.12. The molecule has 1 heterocycles. The third-order valence-electron chi connectivity index (χ3n) is 5.13. The lowest BCUT2D eigenvalue weighted by atomic mass is 9.80. The highest BCUT2D eigenvalue weighted by molar-refractivity contribution is 8.00. The Labute approximate surface area is 177 Å². The number of aromatic carboxylic acids is 1. The van der Waals surface area contributed by atoms with Crippen LogP contribution in [0.5, 0.6) is 5.75 Å². The first-order valence-electron chi connectivity index (χ1n) is 9.29. The molecule has 4 nitrogen and oxygen atoms in total. The summed E-state index contributed by atoms with van der Waals surface area (Å²) in [6.45, 7) is 0. The molecule has 1 N–H and O–H groups in total. The molecule has 0 aliphatic heterocycles. The highest BCUT2D eigenvalue weighted by Crippen LogP contribution is 2.44. The van der Waals surface area contributed by atoms with Crippen LogP contribution in [0.4, 0.5) is 0 Å². The molecule has 0 spiro atoms. The Morgan fingerprint density at radius 3 is 2.52 bits per heavy atom. The molecule has 0 radical (unpaired) electrons. The van der Waals surface area contributed by atoms with Gasteiger partial charge in [-0.05, 0) is 41.2 Å². The normalized spacial score (nSPS) is 15.8. The number of carbonyl (C=O) groups excluding carboxylic acids is 1. The molecule has 3 aromatic rings. The number of benzene rings is 2. The van der Waals surface area contributed by atoms with Crippen LogP contribution in [0.2, 0.25) is 0 Å². The quantitative estimate of drug-likeness (QED) is 0.517. The van der Waals surface area contributed by atoms with Crippen LogP contribution in [0, 0.1) is 0 Å². The van der Waals surface area contributed by atoms with E-state index >= 15 is 0 Å². The summed E-state index contributed by atoms with van der Waals surface area (Å²) in [5.74, 6) is 0.535. The van der Waals surface area contributed by atoms with E-state index in [-0.39, 0.29) is 11.7 Å². The Hall–Kier alpha value is -2.57. The van der Waals surface area contributed by atoms with Gasteiger partial charge < -0.3 is 9.84 Å². The number of hydrogen-bond acceptors (Lipinski definition) is 5. The van der Waals surface area contributed by atoms with Crippen molar-refractivity contribution in [2.24, 2.45) is 0 Å². The molecule has 6 heteroatoms. The summed E-state index contributed by atoms with van der Waals surface area (Å²) in [6.07, 6.45) is 0.964. The van der Waals surface area contributed by atoms with Gasteiger partial charge in [0.1, 0.15) is 10.6 Å². The Kier molecular flexibility index (Phi) is 5.74. The summed E-state index contributed by atoms with van der Waals surface area (Å²) in [5.41, 5.74) is 3.50. The minimum atomic E-state index is -0.957. The van der Waals surface area contributed by atoms with Crippen molar-refractivity contribution in [2.75, 3.05) is 7.11 Å². The second-order valence-electron chi connectivity index (χ2n) is 6.95. The van der Waals surface area contributed by atoms with E-state index in [1.54, 1.807) is 18.9 Å². The highest BCUT2D eigenvalue weighted by atomic mass is 32.2. The van der Waals surface area contributed by atoms with E-state index in [4.69, 9.17) is 4.74 Å². The largest absolute Gasteiger partial charge is 0.497 e. The number of thioether (sulfide) groups is 1. The summed E-state index contributed by atoms with van der Waals surface area (Å²) in [4.78, 5) is 25.2. The molecule has 2 aromatic carbocycles. The lowest BCUT2D eigenvalue weighted by molar-refractivity contribution is 0.0701. The highest BCUT2D eigenvalue weighted by Gasteiger charge is 2.34. The number of fused-ring (bicyclic) bond motifs is 1. The number of methoxy groups -OCH3 is 1.